The van der Waals surface area contributed by atoms with Crippen molar-refractivity contribution in [2.45, 2.75) is 32.9 Å². The van der Waals surface area contributed by atoms with E-state index in [9.17, 15) is 4.39 Å². The maximum absolute atomic E-state index is 13.7. The third-order valence-corrected chi connectivity index (χ3v) is 2.91. The van der Waals surface area contributed by atoms with Crippen LogP contribution in [0.5, 0.6) is 11.8 Å². The van der Waals surface area contributed by atoms with Gasteiger partial charge in [0.1, 0.15) is 0 Å². The van der Waals surface area contributed by atoms with Crippen LogP contribution in [0.15, 0.2) is 30.6 Å². The summed E-state index contributed by atoms with van der Waals surface area (Å²) >= 11 is 5.69. The summed E-state index contributed by atoms with van der Waals surface area (Å²) < 4.78 is 19.0. The lowest BCUT2D eigenvalue weighted by molar-refractivity contribution is 0.406. The van der Waals surface area contributed by atoms with E-state index in [-0.39, 0.29) is 22.3 Å². The first-order valence-electron chi connectivity index (χ1n) is 6.53. The van der Waals surface area contributed by atoms with Gasteiger partial charge in [0.05, 0.1) is 5.02 Å². The molecule has 112 valence electrons. The van der Waals surface area contributed by atoms with Gasteiger partial charge in [-0.1, -0.05) is 17.7 Å². The monoisotopic (exact) mass is 309 g/mol. The molecule has 21 heavy (non-hydrogen) atoms. The molecule has 0 aliphatic carbocycles. The van der Waals surface area contributed by atoms with E-state index in [1.807, 2.05) is 0 Å². The molecule has 1 aromatic carbocycles. The Labute approximate surface area is 128 Å². The summed E-state index contributed by atoms with van der Waals surface area (Å²) in [4.78, 5) is 8.12. The lowest BCUT2D eigenvalue weighted by atomic mass is 10.1. The highest BCUT2D eigenvalue weighted by atomic mass is 35.5. The molecule has 1 heterocycles. The highest BCUT2D eigenvalue weighted by molar-refractivity contribution is 6.30. The summed E-state index contributed by atoms with van der Waals surface area (Å²) in [6, 6.07) is 4.60. The van der Waals surface area contributed by atoms with E-state index < -0.39 is 5.82 Å². The lowest BCUT2D eigenvalue weighted by Crippen LogP contribution is -2.35. The van der Waals surface area contributed by atoms with Gasteiger partial charge in [0.25, 0.3) is 0 Å². The highest BCUT2D eigenvalue weighted by Crippen LogP contribution is 2.26. The first-order valence-corrected chi connectivity index (χ1v) is 6.91. The Kier molecular flexibility index (Phi) is 4.75. The van der Waals surface area contributed by atoms with Crippen LogP contribution in [0, 0.1) is 5.82 Å². The van der Waals surface area contributed by atoms with Crippen LogP contribution < -0.4 is 10.1 Å². The molecule has 6 heteroatoms. The van der Waals surface area contributed by atoms with Crippen LogP contribution in [-0.2, 0) is 6.54 Å². The Bertz CT molecular complexity index is 611. The van der Waals surface area contributed by atoms with Crippen LogP contribution in [0.25, 0.3) is 0 Å². The number of halogens is 2. The lowest BCUT2D eigenvalue weighted by Gasteiger charge is -2.20. The smallest absolute Gasteiger partial charge is 0.321 e. The van der Waals surface area contributed by atoms with Crippen molar-refractivity contribution in [2.24, 2.45) is 0 Å². The van der Waals surface area contributed by atoms with Gasteiger partial charge in [0.2, 0.25) is 0 Å². The molecule has 2 aromatic rings. The number of ether oxygens (including phenoxy) is 1. The predicted octanol–water partition coefficient (Wildman–Crippen LogP) is 3.95. The van der Waals surface area contributed by atoms with Crippen LogP contribution in [0.1, 0.15) is 26.3 Å². The van der Waals surface area contributed by atoms with E-state index in [0.29, 0.717) is 6.54 Å². The van der Waals surface area contributed by atoms with Crippen molar-refractivity contribution >= 4 is 11.6 Å². The van der Waals surface area contributed by atoms with E-state index in [4.69, 9.17) is 16.3 Å². The summed E-state index contributed by atoms with van der Waals surface area (Å²) in [7, 11) is 0. The molecule has 0 bridgehead atoms. The predicted molar refractivity (Wildman–Crippen MR) is 80.1 cm³/mol. The van der Waals surface area contributed by atoms with E-state index >= 15 is 0 Å². The molecule has 0 unspecified atom stereocenters. The molecular formula is C15H17ClFN3O. The van der Waals surface area contributed by atoms with Crippen LogP contribution in [0.4, 0.5) is 4.39 Å². The minimum absolute atomic E-state index is 0.00139. The molecule has 1 aromatic heterocycles. The molecule has 0 amide bonds. The van der Waals surface area contributed by atoms with E-state index in [2.05, 4.69) is 36.1 Å². The minimum atomic E-state index is -0.624. The number of benzene rings is 1. The van der Waals surface area contributed by atoms with Crippen LogP contribution in [-0.4, -0.2) is 15.5 Å². The molecule has 0 atom stereocenters. The number of nitrogens with one attached hydrogen (secondary N) is 1. The van der Waals surface area contributed by atoms with Crippen molar-refractivity contribution in [3.05, 3.63) is 47.0 Å². The molecule has 0 radical (unpaired) electrons. The Balaban J connectivity index is 2.04. The molecular weight excluding hydrogens is 293 g/mol. The van der Waals surface area contributed by atoms with Crippen LogP contribution in [0.2, 0.25) is 5.02 Å². The van der Waals surface area contributed by atoms with Crippen molar-refractivity contribution in [2.75, 3.05) is 0 Å². The maximum atomic E-state index is 13.7. The molecule has 0 fully saturated rings. The third-order valence-electron chi connectivity index (χ3n) is 2.62. The Morgan fingerprint density at radius 2 is 1.90 bits per heavy atom. The number of rotatable bonds is 4. The fourth-order valence-electron chi connectivity index (χ4n) is 1.52. The van der Waals surface area contributed by atoms with Crippen molar-refractivity contribution in [3.8, 4) is 11.8 Å². The fraction of sp³-hybridized carbons (Fsp3) is 0.333. The number of hydrogen-bond donors (Lipinski definition) is 1. The molecule has 0 spiro atoms. The second-order valence-electron chi connectivity index (χ2n) is 5.63. The normalized spacial score (nSPS) is 11.5. The van der Waals surface area contributed by atoms with Crippen LogP contribution >= 0.6 is 11.6 Å². The van der Waals surface area contributed by atoms with Crippen LogP contribution in [0.3, 0.4) is 0 Å². The quantitative estimate of drug-likeness (QED) is 0.929. The van der Waals surface area contributed by atoms with Crippen molar-refractivity contribution in [1.29, 1.82) is 0 Å². The highest BCUT2D eigenvalue weighted by Gasteiger charge is 2.11. The maximum Gasteiger partial charge on any atom is 0.321 e. The van der Waals surface area contributed by atoms with Gasteiger partial charge in [-0.2, -0.15) is 0 Å². The fourth-order valence-corrected chi connectivity index (χ4v) is 1.68. The van der Waals surface area contributed by atoms with Gasteiger partial charge in [0, 0.05) is 30.0 Å². The van der Waals surface area contributed by atoms with Crippen molar-refractivity contribution in [1.82, 2.24) is 15.3 Å². The Morgan fingerprint density at radius 3 is 2.52 bits per heavy atom. The Hall–Kier alpha value is -1.72. The molecule has 0 saturated carbocycles. The standard InChI is InChI=1S/C15H17ClFN3O/c1-15(2,3)20-9-10-7-18-14(19-8-10)21-12-6-4-5-11(16)13(12)17/h4-8,20H,9H2,1-3H3. The van der Waals surface area contributed by atoms with Gasteiger partial charge in [0.15, 0.2) is 11.6 Å². The molecule has 4 nitrogen and oxygen atoms in total. The number of aromatic nitrogens is 2. The summed E-state index contributed by atoms with van der Waals surface area (Å²) in [5.41, 5.74) is 0.933. The molecule has 1 N–H and O–H groups in total. The van der Waals surface area contributed by atoms with Gasteiger partial charge >= 0.3 is 6.01 Å². The van der Waals surface area contributed by atoms with Crippen molar-refractivity contribution in [3.63, 3.8) is 0 Å². The first kappa shape index (κ1) is 15.7. The first-order chi connectivity index (χ1) is 9.85. The van der Waals surface area contributed by atoms with Gasteiger partial charge in [-0.3, -0.25) is 0 Å². The zero-order chi connectivity index (χ0) is 15.5. The third kappa shape index (κ3) is 4.65. The Morgan fingerprint density at radius 1 is 1.24 bits per heavy atom. The second kappa shape index (κ2) is 6.37. The van der Waals surface area contributed by atoms with Crippen molar-refractivity contribution < 1.29 is 9.13 Å². The summed E-state index contributed by atoms with van der Waals surface area (Å²) in [6.07, 6.45) is 3.28. The van der Waals surface area contributed by atoms with E-state index in [1.165, 1.54) is 12.1 Å². The largest absolute Gasteiger partial charge is 0.421 e. The zero-order valence-corrected chi connectivity index (χ0v) is 12.9. The summed E-state index contributed by atoms with van der Waals surface area (Å²) in [5, 5.41) is 3.32. The molecule has 2 rings (SSSR count). The zero-order valence-electron chi connectivity index (χ0n) is 12.2. The van der Waals surface area contributed by atoms with Gasteiger partial charge in [-0.25, -0.2) is 14.4 Å². The summed E-state index contributed by atoms with van der Waals surface area (Å²) in [6.45, 7) is 6.88. The number of nitrogens with zero attached hydrogens (tertiary/aromatic N) is 2. The van der Waals surface area contributed by atoms with Gasteiger partial charge < -0.3 is 10.1 Å². The average Bonchev–Trinajstić information content (AvgIpc) is 2.42. The SMILES string of the molecule is CC(C)(C)NCc1cnc(Oc2cccc(Cl)c2F)nc1. The van der Waals surface area contributed by atoms with E-state index in [0.717, 1.165) is 5.56 Å². The molecule has 0 saturated heterocycles. The number of hydrogen-bond acceptors (Lipinski definition) is 4. The molecule has 0 aliphatic rings. The topological polar surface area (TPSA) is 47.0 Å². The minimum Gasteiger partial charge on any atom is -0.421 e. The van der Waals surface area contributed by atoms with Gasteiger partial charge in [-0.05, 0) is 32.9 Å². The summed E-state index contributed by atoms with van der Waals surface area (Å²) in [5.74, 6) is -0.621. The van der Waals surface area contributed by atoms with E-state index in [1.54, 1.807) is 18.5 Å². The molecule has 0 aliphatic heterocycles. The average molecular weight is 310 g/mol. The van der Waals surface area contributed by atoms with Gasteiger partial charge in [-0.15, -0.1) is 0 Å². The second-order valence-corrected chi connectivity index (χ2v) is 6.04.